The number of carboxylic acid groups (broad SMARTS) is 1. The molecule has 1 aromatic rings. The summed E-state index contributed by atoms with van der Waals surface area (Å²) >= 11 is 0. The lowest BCUT2D eigenvalue weighted by molar-refractivity contribution is -0.136. The summed E-state index contributed by atoms with van der Waals surface area (Å²) in [6.45, 7) is 2.74. The third kappa shape index (κ3) is 3.41. The second-order valence-electron chi connectivity index (χ2n) is 2.98. The minimum Gasteiger partial charge on any atom is -0.481 e. The molecule has 0 spiro atoms. The summed E-state index contributed by atoms with van der Waals surface area (Å²) in [5, 5.41) is 14.8. The maximum atomic E-state index is 11.4. The van der Waals surface area contributed by atoms with Crippen LogP contribution in [-0.4, -0.2) is 33.3 Å². The van der Waals surface area contributed by atoms with Gasteiger partial charge in [-0.05, 0) is 6.92 Å². The number of carboxylic acids is 1. The molecule has 15 heavy (non-hydrogen) atoms. The molecule has 6 heteroatoms. The quantitative estimate of drug-likeness (QED) is 0.723. The minimum absolute atomic E-state index is 0.0757. The number of hydrogen-bond donors (Lipinski definition) is 2. The average molecular weight is 211 g/mol. The van der Waals surface area contributed by atoms with Crippen molar-refractivity contribution >= 4 is 11.9 Å². The highest BCUT2D eigenvalue weighted by atomic mass is 16.4. The lowest BCUT2D eigenvalue weighted by Gasteiger charge is -1.99. The van der Waals surface area contributed by atoms with E-state index in [1.807, 2.05) is 6.92 Å². The normalized spacial score (nSPS) is 9.93. The van der Waals surface area contributed by atoms with Gasteiger partial charge < -0.3 is 10.4 Å². The number of aliphatic carboxylic acids is 1. The van der Waals surface area contributed by atoms with Gasteiger partial charge in [-0.3, -0.25) is 14.3 Å². The van der Waals surface area contributed by atoms with Crippen molar-refractivity contribution in [2.45, 2.75) is 19.9 Å². The predicted octanol–water partition coefficient (Wildman–Crippen LogP) is 0.107. The highest BCUT2D eigenvalue weighted by Crippen LogP contribution is 1.97. The van der Waals surface area contributed by atoms with Gasteiger partial charge in [-0.1, -0.05) is 0 Å². The van der Waals surface area contributed by atoms with E-state index in [-0.39, 0.29) is 18.9 Å². The molecule has 1 heterocycles. The largest absolute Gasteiger partial charge is 0.481 e. The maximum absolute atomic E-state index is 11.4. The Hall–Kier alpha value is -1.85. The molecule has 0 saturated carbocycles. The van der Waals surface area contributed by atoms with Crippen molar-refractivity contribution in [3.05, 3.63) is 18.0 Å². The zero-order valence-electron chi connectivity index (χ0n) is 8.43. The van der Waals surface area contributed by atoms with Crippen molar-refractivity contribution in [3.63, 3.8) is 0 Å². The van der Waals surface area contributed by atoms with Crippen molar-refractivity contribution < 1.29 is 14.7 Å². The highest BCUT2D eigenvalue weighted by Gasteiger charge is 2.07. The van der Waals surface area contributed by atoms with E-state index in [2.05, 4.69) is 10.4 Å². The van der Waals surface area contributed by atoms with Crippen molar-refractivity contribution in [1.82, 2.24) is 15.1 Å². The summed E-state index contributed by atoms with van der Waals surface area (Å²) < 4.78 is 1.63. The first kappa shape index (κ1) is 11.2. The van der Waals surface area contributed by atoms with Crippen molar-refractivity contribution in [3.8, 4) is 0 Å². The van der Waals surface area contributed by atoms with E-state index in [1.54, 1.807) is 10.9 Å². The van der Waals surface area contributed by atoms with E-state index in [9.17, 15) is 9.59 Å². The van der Waals surface area contributed by atoms with Gasteiger partial charge in [0.05, 0.1) is 18.2 Å². The third-order valence-corrected chi connectivity index (χ3v) is 1.84. The van der Waals surface area contributed by atoms with Gasteiger partial charge in [0.25, 0.3) is 5.91 Å². The van der Waals surface area contributed by atoms with Gasteiger partial charge in [-0.25, -0.2) is 0 Å². The molecule has 2 N–H and O–H groups in total. The second-order valence-corrected chi connectivity index (χ2v) is 2.98. The Labute approximate surface area is 86.9 Å². The van der Waals surface area contributed by atoms with Crippen LogP contribution in [0.3, 0.4) is 0 Å². The molecular formula is C9H13N3O3. The molecule has 0 saturated heterocycles. The van der Waals surface area contributed by atoms with Gasteiger partial charge >= 0.3 is 5.97 Å². The van der Waals surface area contributed by atoms with Gasteiger partial charge in [0.15, 0.2) is 0 Å². The molecule has 1 amide bonds. The number of nitrogens with zero attached hydrogens (tertiary/aromatic N) is 2. The Balaban J connectivity index is 2.43. The van der Waals surface area contributed by atoms with Gasteiger partial charge in [0.2, 0.25) is 0 Å². The van der Waals surface area contributed by atoms with E-state index in [0.717, 1.165) is 0 Å². The SMILES string of the molecule is CCn1cc(C(=O)NCCC(=O)O)cn1. The first-order chi connectivity index (χ1) is 7.13. The Morgan fingerprint density at radius 1 is 1.60 bits per heavy atom. The first-order valence-electron chi connectivity index (χ1n) is 4.66. The van der Waals surface area contributed by atoms with Crippen molar-refractivity contribution in [2.24, 2.45) is 0 Å². The van der Waals surface area contributed by atoms with Crippen molar-refractivity contribution in [2.75, 3.05) is 6.54 Å². The van der Waals surface area contributed by atoms with Crippen LogP contribution in [0.4, 0.5) is 0 Å². The third-order valence-electron chi connectivity index (χ3n) is 1.84. The first-order valence-corrected chi connectivity index (χ1v) is 4.66. The molecular weight excluding hydrogens is 198 g/mol. The lowest BCUT2D eigenvalue weighted by Crippen LogP contribution is -2.25. The van der Waals surface area contributed by atoms with Crippen LogP contribution in [0, 0.1) is 0 Å². The Bertz CT molecular complexity index is 359. The summed E-state index contributed by atoms with van der Waals surface area (Å²) in [5.74, 6) is -1.23. The highest BCUT2D eigenvalue weighted by molar-refractivity contribution is 5.93. The second kappa shape index (κ2) is 5.14. The Morgan fingerprint density at radius 2 is 2.33 bits per heavy atom. The fourth-order valence-corrected chi connectivity index (χ4v) is 1.04. The van der Waals surface area contributed by atoms with Gasteiger partial charge in [0, 0.05) is 19.3 Å². The molecule has 1 rings (SSSR count). The number of carbonyl (C=O) groups excluding carboxylic acids is 1. The van der Waals surface area contributed by atoms with Crippen LogP contribution in [0.5, 0.6) is 0 Å². The molecule has 0 fully saturated rings. The van der Waals surface area contributed by atoms with E-state index in [4.69, 9.17) is 5.11 Å². The van der Waals surface area contributed by atoms with Gasteiger partial charge in [0.1, 0.15) is 0 Å². The Morgan fingerprint density at radius 3 is 2.87 bits per heavy atom. The monoisotopic (exact) mass is 211 g/mol. The lowest BCUT2D eigenvalue weighted by atomic mass is 10.3. The summed E-state index contributed by atoms with van der Waals surface area (Å²) in [6.07, 6.45) is 3.00. The smallest absolute Gasteiger partial charge is 0.305 e. The van der Waals surface area contributed by atoms with Crippen LogP contribution < -0.4 is 5.32 Å². The molecule has 0 aliphatic heterocycles. The van der Waals surface area contributed by atoms with Crippen molar-refractivity contribution in [1.29, 1.82) is 0 Å². The molecule has 0 aliphatic carbocycles. The standard InChI is InChI=1S/C9H13N3O3/c1-2-12-6-7(5-11-12)9(15)10-4-3-8(13)14/h5-6H,2-4H2,1H3,(H,10,15)(H,13,14). The van der Waals surface area contributed by atoms with Crippen LogP contribution in [0.1, 0.15) is 23.7 Å². The number of amides is 1. The molecule has 0 radical (unpaired) electrons. The number of aromatic nitrogens is 2. The average Bonchev–Trinajstić information content (AvgIpc) is 2.65. The molecule has 0 bridgehead atoms. The molecule has 0 atom stereocenters. The molecule has 0 aromatic carbocycles. The zero-order chi connectivity index (χ0) is 11.3. The van der Waals surface area contributed by atoms with Gasteiger partial charge in [-0.15, -0.1) is 0 Å². The van der Waals surface area contributed by atoms with E-state index in [1.165, 1.54) is 6.20 Å². The van der Waals surface area contributed by atoms with E-state index >= 15 is 0 Å². The van der Waals surface area contributed by atoms with Crippen LogP contribution in [0.2, 0.25) is 0 Å². The number of carbonyl (C=O) groups is 2. The van der Waals surface area contributed by atoms with E-state index < -0.39 is 5.97 Å². The van der Waals surface area contributed by atoms with Crippen LogP contribution in [0.25, 0.3) is 0 Å². The number of rotatable bonds is 5. The summed E-state index contributed by atoms with van der Waals surface area (Å²) in [5.41, 5.74) is 0.447. The number of aryl methyl sites for hydroxylation is 1. The van der Waals surface area contributed by atoms with Gasteiger partial charge in [-0.2, -0.15) is 5.10 Å². The summed E-state index contributed by atoms with van der Waals surface area (Å²) in [7, 11) is 0. The Kier molecular flexibility index (Phi) is 3.84. The maximum Gasteiger partial charge on any atom is 0.305 e. The molecule has 6 nitrogen and oxygen atoms in total. The topological polar surface area (TPSA) is 84.2 Å². The molecule has 82 valence electrons. The predicted molar refractivity (Wildman–Crippen MR) is 52.5 cm³/mol. The van der Waals surface area contributed by atoms with Crippen LogP contribution in [0.15, 0.2) is 12.4 Å². The fourth-order valence-electron chi connectivity index (χ4n) is 1.04. The fraction of sp³-hybridized carbons (Fsp3) is 0.444. The molecule has 0 unspecified atom stereocenters. The van der Waals surface area contributed by atoms with E-state index in [0.29, 0.717) is 12.1 Å². The zero-order valence-corrected chi connectivity index (χ0v) is 8.43. The summed E-state index contributed by atoms with van der Waals surface area (Å²) in [4.78, 5) is 21.6. The minimum atomic E-state index is -0.931. The van der Waals surface area contributed by atoms with Crippen LogP contribution in [-0.2, 0) is 11.3 Å². The number of nitrogens with one attached hydrogen (secondary N) is 1. The number of hydrogen-bond acceptors (Lipinski definition) is 3. The molecule has 1 aromatic heterocycles. The molecule has 0 aliphatic rings. The summed E-state index contributed by atoms with van der Waals surface area (Å²) in [6, 6.07) is 0. The van der Waals surface area contributed by atoms with Crippen LogP contribution >= 0.6 is 0 Å².